The van der Waals surface area contributed by atoms with Crippen LogP contribution in [0.3, 0.4) is 0 Å². The molecule has 0 bridgehead atoms. The van der Waals surface area contributed by atoms with Gasteiger partial charge in [-0.3, -0.25) is 15.1 Å². The fraction of sp³-hybridized carbons (Fsp3) is 0.222. The van der Waals surface area contributed by atoms with E-state index in [0.717, 1.165) is 0 Å². The van der Waals surface area contributed by atoms with E-state index in [4.69, 9.17) is 0 Å². The molecule has 1 rings (SSSR count). The average Bonchev–Trinajstić information content (AvgIpc) is 2.16. The fourth-order valence-corrected chi connectivity index (χ4v) is 0.918. The Bertz CT molecular complexity index is 374. The van der Waals surface area contributed by atoms with Gasteiger partial charge in [-0.2, -0.15) is 0 Å². The molecule has 0 aliphatic heterocycles. The zero-order valence-corrected chi connectivity index (χ0v) is 7.67. The van der Waals surface area contributed by atoms with Gasteiger partial charge in [0.15, 0.2) is 0 Å². The predicted molar refractivity (Wildman–Crippen MR) is 53.2 cm³/mol. The van der Waals surface area contributed by atoms with Crippen molar-refractivity contribution in [2.75, 3.05) is 0 Å². The number of aliphatic imine (C=N–C) groups is 1. The van der Waals surface area contributed by atoms with Crippen molar-refractivity contribution in [1.82, 2.24) is 0 Å². The highest BCUT2D eigenvalue weighted by atomic mass is 16.6. The van der Waals surface area contributed by atoms with Gasteiger partial charge in [0, 0.05) is 18.3 Å². The first-order valence-corrected chi connectivity index (χ1v) is 4.15. The van der Waals surface area contributed by atoms with E-state index >= 15 is 0 Å². The molecular formula is C9H10N2O3. The van der Waals surface area contributed by atoms with Gasteiger partial charge < -0.3 is 5.11 Å². The molecule has 1 N–H and O–H groups in total. The van der Waals surface area contributed by atoms with Crippen molar-refractivity contribution in [3.63, 3.8) is 0 Å². The van der Waals surface area contributed by atoms with Gasteiger partial charge in [-0.05, 0) is 12.5 Å². The third-order valence-electron chi connectivity index (χ3n) is 1.58. The molecule has 0 radical (unpaired) electrons. The van der Waals surface area contributed by atoms with Crippen LogP contribution >= 0.6 is 0 Å². The van der Waals surface area contributed by atoms with Gasteiger partial charge in [-0.1, -0.05) is 6.92 Å². The normalized spacial score (nSPS) is 10.6. The first-order valence-electron chi connectivity index (χ1n) is 4.15. The molecule has 1 aromatic carbocycles. The van der Waals surface area contributed by atoms with Gasteiger partial charge in [-0.25, -0.2) is 0 Å². The summed E-state index contributed by atoms with van der Waals surface area (Å²) in [6.45, 7) is 1.89. The van der Waals surface area contributed by atoms with Crippen molar-refractivity contribution < 1.29 is 10.0 Å². The molecule has 0 unspecified atom stereocenters. The number of benzene rings is 1. The van der Waals surface area contributed by atoms with E-state index in [2.05, 4.69) is 4.99 Å². The number of phenolic OH excluding ortho intramolecular Hbond substituents is 1. The quantitative estimate of drug-likeness (QED) is 0.456. The number of nitro benzene ring substituents is 1. The number of phenols is 1. The molecule has 0 aromatic heterocycles. The lowest BCUT2D eigenvalue weighted by molar-refractivity contribution is -0.384. The summed E-state index contributed by atoms with van der Waals surface area (Å²) in [4.78, 5) is 13.8. The third kappa shape index (κ3) is 2.29. The average molecular weight is 194 g/mol. The molecule has 14 heavy (non-hydrogen) atoms. The highest BCUT2D eigenvalue weighted by molar-refractivity contribution is 5.67. The van der Waals surface area contributed by atoms with Crippen molar-refractivity contribution in [3.05, 3.63) is 28.3 Å². The summed E-state index contributed by atoms with van der Waals surface area (Å²) in [5.41, 5.74) is 0.145. The van der Waals surface area contributed by atoms with Crippen LogP contribution in [0.1, 0.15) is 13.3 Å². The fourth-order valence-electron chi connectivity index (χ4n) is 0.918. The van der Waals surface area contributed by atoms with Crippen LogP contribution in [0.2, 0.25) is 0 Å². The summed E-state index contributed by atoms with van der Waals surface area (Å²) in [5.74, 6) is -0.0553. The zero-order chi connectivity index (χ0) is 10.6. The minimum atomic E-state index is -0.523. The van der Waals surface area contributed by atoms with Crippen molar-refractivity contribution >= 4 is 17.6 Å². The molecule has 5 heteroatoms. The summed E-state index contributed by atoms with van der Waals surface area (Å²) in [5, 5.41) is 19.7. The van der Waals surface area contributed by atoms with Gasteiger partial charge >= 0.3 is 0 Å². The zero-order valence-electron chi connectivity index (χ0n) is 7.67. The van der Waals surface area contributed by atoms with Crippen LogP contribution in [-0.2, 0) is 0 Å². The van der Waals surface area contributed by atoms with Crippen molar-refractivity contribution in [3.8, 4) is 5.75 Å². The molecule has 0 amide bonds. The van der Waals surface area contributed by atoms with Crippen LogP contribution < -0.4 is 0 Å². The second-order valence-corrected chi connectivity index (χ2v) is 2.65. The maximum absolute atomic E-state index is 10.4. The molecule has 1 aromatic rings. The SMILES string of the molecule is CCC=Nc1cc([N+](=O)[O-])ccc1O. The van der Waals surface area contributed by atoms with Crippen molar-refractivity contribution in [2.24, 2.45) is 4.99 Å². The van der Waals surface area contributed by atoms with Gasteiger partial charge in [0.1, 0.15) is 11.4 Å². The molecule has 0 atom stereocenters. The van der Waals surface area contributed by atoms with Crippen LogP contribution in [0.5, 0.6) is 5.75 Å². The smallest absolute Gasteiger partial charge is 0.271 e. The van der Waals surface area contributed by atoms with Gasteiger partial charge in [0.05, 0.1) is 4.92 Å². The topological polar surface area (TPSA) is 75.7 Å². The Morgan fingerprint density at radius 1 is 1.64 bits per heavy atom. The van der Waals surface area contributed by atoms with E-state index in [0.29, 0.717) is 6.42 Å². The number of hydrogen-bond donors (Lipinski definition) is 1. The van der Waals surface area contributed by atoms with Crippen LogP contribution in [0.25, 0.3) is 0 Å². The Kier molecular flexibility index (Phi) is 3.17. The number of hydrogen-bond acceptors (Lipinski definition) is 4. The molecule has 74 valence electrons. The molecule has 0 saturated heterocycles. The summed E-state index contributed by atoms with van der Waals surface area (Å²) in [6.07, 6.45) is 2.29. The molecular weight excluding hydrogens is 184 g/mol. The summed E-state index contributed by atoms with van der Waals surface area (Å²) in [7, 11) is 0. The second-order valence-electron chi connectivity index (χ2n) is 2.65. The predicted octanol–water partition coefficient (Wildman–Crippen LogP) is 2.41. The minimum absolute atomic E-state index is 0.0553. The summed E-state index contributed by atoms with van der Waals surface area (Å²) >= 11 is 0. The van der Waals surface area contributed by atoms with Crippen LogP contribution in [0, 0.1) is 10.1 Å². The molecule has 0 aliphatic rings. The van der Waals surface area contributed by atoms with Crippen LogP contribution in [0.4, 0.5) is 11.4 Å². The maximum atomic E-state index is 10.4. The highest BCUT2D eigenvalue weighted by Crippen LogP contribution is 2.29. The first-order chi connectivity index (χ1) is 6.65. The molecule has 0 saturated carbocycles. The van der Waals surface area contributed by atoms with E-state index in [1.807, 2.05) is 6.92 Å². The molecule has 0 heterocycles. The highest BCUT2D eigenvalue weighted by Gasteiger charge is 2.08. The Morgan fingerprint density at radius 3 is 2.93 bits per heavy atom. The Hall–Kier alpha value is -1.91. The lowest BCUT2D eigenvalue weighted by Gasteiger charge is -1.97. The number of nitrogens with zero attached hydrogens (tertiary/aromatic N) is 2. The molecule has 5 nitrogen and oxygen atoms in total. The maximum Gasteiger partial charge on any atom is 0.271 e. The summed E-state index contributed by atoms with van der Waals surface area (Å²) < 4.78 is 0. The van der Waals surface area contributed by atoms with Gasteiger partial charge in [0.25, 0.3) is 5.69 Å². The van der Waals surface area contributed by atoms with E-state index in [9.17, 15) is 15.2 Å². The van der Waals surface area contributed by atoms with Crippen molar-refractivity contribution in [1.29, 1.82) is 0 Å². The Labute approximate surface area is 80.9 Å². The number of rotatable bonds is 3. The van der Waals surface area contributed by atoms with Gasteiger partial charge in [0.2, 0.25) is 0 Å². The number of non-ortho nitro benzene ring substituents is 1. The first kappa shape index (κ1) is 10.2. The molecule has 0 fully saturated rings. The Balaban J connectivity index is 3.08. The largest absolute Gasteiger partial charge is 0.506 e. The van der Waals surface area contributed by atoms with Gasteiger partial charge in [-0.15, -0.1) is 0 Å². The lowest BCUT2D eigenvalue weighted by atomic mass is 10.2. The lowest BCUT2D eigenvalue weighted by Crippen LogP contribution is -1.86. The third-order valence-corrected chi connectivity index (χ3v) is 1.58. The second kappa shape index (κ2) is 4.36. The van der Waals surface area contributed by atoms with E-state index in [1.165, 1.54) is 18.2 Å². The number of aromatic hydroxyl groups is 1. The number of nitro groups is 1. The summed E-state index contributed by atoms with van der Waals surface area (Å²) in [6, 6.07) is 3.74. The van der Waals surface area contributed by atoms with E-state index in [-0.39, 0.29) is 17.1 Å². The van der Waals surface area contributed by atoms with E-state index in [1.54, 1.807) is 6.21 Å². The molecule has 0 spiro atoms. The van der Waals surface area contributed by atoms with Crippen LogP contribution in [0.15, 0.2) is 23.2 Å². The standard InChI is InChI=1S/C9H10N2O3/c1-2-5-10-8-6-7(11(13)14)3-4-9(8)12/h3-6,12H,2H2,1H3. The molecule has 0 aliphatic carbocycles. The Morgan fingerprint density at radius 2 is 2.36 bits per heavy atom. The van der Waals surface area contributed by atoms with Crippen LogP contribution in [-0.4, -0.2) is 16.2 Å². The van der Waals surface area contributed by atoms with E-state index < -0.39 is 4.92 Å². The minimum Gasteiger partial charge on any atom is -0.506 e. The monoisotopic (exact) mass is 194 g/mol. The van der Waals surface area contributed by atoms with Crippen molar-refractivity contribution in [2.45, 2.75) is 13.3 Å².